The first kappa shape index (κ1) is 20.4. The van der Waals surface area contributed by atoms with E-state index in [-0.39, 0.29) is 24.1 Å². The lowest BCUT2D eigenvalue weighted by Crippen LogP contribution is -2.46. The first-order valence-corrected chi connectivity index (χ1v) is 9.74. The van der Waals surface area contributed by atoms with Gasteiger partial charge in [-0.3, -0.25) is 19.4 Å². The number of carbonyl (C=O) groups is 2. The monoisotopic (exact) mass is 390 g/mol. The van der Waals surface area contributed by atoms with Gasteiger partial charge in [0.1, 0.15) is 0 Å². The molecule has 0 spiro atoms. The van der Waals surface area contributed by atoms with E-state index in [2.05, 4.69) is 20.4 Å². The summed E-state index contributed by atoms with van der Waals surface area (Å²) >= 11 is 0. The Hall–Kier alpha value is -2.32. The van der Waals surface area contributed by atoms with E-state index in [0.717, 1.165) is 32.6 Å². The van der Waals surface area contributed by atoms with Gasteiger partial charge in [-0.05, 0) is 52.4 Å². The Morgan fingerprint density at radius 3 is 2.29 bits per heavy atom. The molecule has 3 rings (SSSR count). The highest BCUT2D eigenvalue weighted by Crippen LogP contribution is 2.34. The van der Waals surface area contributed by atoms with Gasteiger partial charge >= 0.3 is 0 Å². The maximum absolute atomic E-state index is 12.4. The van der Waals surface area contributed by atoms with Crippen molar-refractivity contribution in [2.75, 3.05) is 51.4 Å². The molecule has 0 aromatic heterocycles. The van der Waals surface area contributed by atoms with Crippen molar-refractivity contribution in [3.8, 4) is 11.5 Å². The molecule has 8 nitrogen and oxygen atoms in total. The lowest BCUT2D eigenvalue weighted by atomic mass is 10.1. The summed E-state index contributed by atoms with van der Waals surface area (Å²) in [6.07, 6.45) is 0.931. The van der Waals surface area contributed by atoms with Crippen LogP contribution in [0.3, 0.4) is 0 Å². The molecule has 2 aliphatic rings. The second-order valence-electron chi connectivity index (χ2n) is 8.32. The van der Waals surface area contributed by atoms with Crippen LogP contribution in [0.5, 0.6) is 11.5 Å². The Bertz CT molecular complexity index is 717. The van der Waals surface area contributed by atoms with Crippen LogP contribution in [0.15, 0.2) is 18.2 Å². The van der Waals surface area contributed by atoms with Crippen molar-refractivity contribution in [3.05, 3.63) is 18.2 Å². The van der Waals surface area contributed by atoms with Gasteiger partial charge in [0.2, 0.25) is 18.6 Å². The van der Waals surface area contributed by atoms with Gasteiger partial charge in [-0.2, -0.15) is 0 Å². The minimum absolute atomic E-state index is 0.0431. The summed E-state index contributed by atoms with van der Waals surface area (Å²) in [6, 6.07) is 5.38. The zero-order valence-electron chi connectivity index (χ0n) is 16.9. The normalized spacial score (nSPS) is 17.8. The maximum atomic E-state index is 12.4. The molecule has 28 heavy (non-hydrogen) atoms. The standard InChI is InChI=1S/C20H30N4O4/c1-20(2,3)22-19(26)13-24-8-4-7-23(9-10-24)12-18(25)21-15-5-6-16-17(11-15)28-14-27-16/h5-6,11H,4,7-10,12-14H2,1-3H3,(H,21,25)(H,22,26). The predicted octanol–water partition coefficient (Wildman–Crippen LogP) is 1.28. The maximum Gasteiger partial charge on any atom is 0.238 e. The van der Waals surface area contributed by atoms with Crippen LogP contribution in [0.25, 0.3) is 0 Å². The van der Waals surface area contributed by atoms with Gasteiger partial charge in [-0.25, -0.2) is 0 Å². The molecular formula is C20H30N4O4. The SMILES string of the molecule is CC(C)(C)NC(=O)CN1CCCN(CC(=O)Nc2ccc3c(c2)OCO3)CC1. The molecule has 154 valence electrons. The Balaban J connectivity index is 1.44. The summed E-state index contributed by atoms with van der Waals surface area (Å²) < 4.78 is 10.6. The van der Waals surface area contributed by atoms with Crippen LogP contribution < -0.4 is 20.1 Å². The van der Waals surface area contributed by atoms with E-state index in [1.54, 1.807) is 12.1 Å². The lowest BCUT2D eigenvalue weighted by molar-refractivity contribution is -0.123. The molecule has 2 heterocycles. The molecule has 0 aliphatic carbocycles. The number of carbonyl (C=O) groups excluding carboxylic acids is 2. The van der Waals surface area contributed by atoms with E-state index >= 15 is 0 Å². The summed E-state index contributed by atoms with van der Waals surface area (Å²) in [6.45, 7) is 10.1. The third-order valence-corrected chi connectivity index (χ3v) is 4.59. The van der Waals surface area contributed by atoms with Crippen molar-refractivity contribution in [2.45, 2.75) is 32.7 Å². The zero-order chi connectivity index (χ0) is 20.1. The van der Waals surface area contributed by atoms with Crippen molar-refractivity contribution in [2.24, 2.45) is 0 Å². The van der Waals surface area contributed by atoms with E-state index in [1.165, 1.54) is 0 Å². The Morgan fingerprint density at radius 2 is 1.61 bits per heavy atom. The quantitative estimate of drug-likeness (QED) is 0.788. The molecule has 2 amide bonds. The van der Waals surface area contributed by atoms with Crippen LogP contribution >= 0.6 is 0 Å². The number of amides is 2. The minimum atomic E-state index is -0.220. The number of anilines is 1. The summed E-state index contributed by atoms with van der Waals surface area (Å²) in [7, 11) is 0. The number of fused-ring (bicyclic) bond motifs is 1. The molecule has 0 radical (unpaired) electrons. The fourth-order valence-corrected chi connectivity index (χ4v) is 3.38. The number of nitrogens with one attached hydrogen (secondary N) is 2. The third kappa shape index (κ3) is 6.10. The Kier molecular flexibility index (Phi) is 6.41. The van der Waals surface area contributed by atoms with E-state index < -0.39 is 0 Å². The molecule has 2 N–H and O–H groups in total. The molecule has 2 aliphatic heterocycles. The number of nitrogens with zero attached hydrogens (tertiary/aromatic N) is 2. The molecule has 1 fully saturated rings. The van der Waals surface area contributed by atoms with Crippen molar-refractivity contribution < 1.29 is 19.1 Å². The van der Waals surface area contributed by atoms with E-state index in [9.17, 15) is 9.59 Å². The summed E-state index contributed by atoms with van der Waals surface area (Å²) in [4.78, 5) is 28.8. The van der Waals surface area contributed by atoms with Crippen LogP contribution in [0, 0.1) is 0 Å². The number of rotatable bonds is 5. The highest BCUT2D eigenvalue weighted by molar-refractivity contribution is 5.92. The lowest BCUT2D eigenvalue weighted by Gasteiger charge is -2.25. The van der Waals surface area contributed by atoms with Gasteiger partial charge in [-0.15, -0.1) is 0 Å². The molecule has 1 aromatic carbocycles. The second-order valence-corrected chi connectivity index (χ2v) is 8.32. The molecular weight excluding hydrogens is 360 g/mol. The molecule has 8 heteroatoms. The Labute approximate surface area is 166 Å². The first-order chi connectivity index (χ1) is 13.3. The van der Waals surface area contributed by atoms with Crippen LogP contribution in [0.4, 0.5) is 5.69 Å². The smallest absolute Gasteiger partial charge is 0.238 e. The van der Waals surface area contributed by atoms with Gasteiger partial charge in [0, 0.05) is 30.4 Å². The molecule has 0 atom stereocenters. The van der Waals surface area contributed by atoms with Crippen LogP contribution in [0.1, 0.15) is 27.2 Å². The number of ether oxygens (including phenoxy) is 2. The highest BCUT2D eigenvalue weighted by atomic mass is 16.7. The third-order valence-electron chi connectivity index (χ3n) is 4.59. The van der Waals surface area contributed by atoms with Gasteiger partial charge in [0.15, 0.2) is 11.5 Å². The van der Waals surface area contributed by atoms with Crippen molar-refractivity contribution in [3.63, 3.8) is 0 Å². The van der Waals surface area contributed by atoms with Gasteiger partial charge < -0.3 is 20.1 Å². The molecule has 1 aromatic rings. The van der Waals surface area contributed by atoms with Crippen molar-refractivity contribution >= 4 is 17.5 Å². The second kappa shape index (κ2) is 8.79. The number of hydrogen-bond donors (Lipinski definition) is 2. The average molecular weight is 390 g/mol. The topological polar surface area (TPSA) is 83.1 Å². The van der Waals surface area contributed by atoms with Crippen LogP contribution in [-0.4, -0.2) is 73.2 Å². The van der Waals surface area contributed by atoms with Gasteiger partial charge in [0.25, 0.3) is 0 Å². The molecule has 0 saturated carbocycles. The zero-order valence-corrected chi connectivity index (χ0v) is 16.9. The fraction of sp³-hybridized carbons (Fsp3) is 0.600. The highest BCUT2D eigenvalue weighted by Gasteiger charge is 2.21. The van der Waals surface area contributed by atoms with E-state index in [0.29, 0.717) is 30.3 Å². The van der Waals surface area contributed by atoms with Crippen molar-refractivity contribution in [1.82, 2.24) is 15.1 Å². The first-order valence-electron chi connectivity index (χ1n) is 9.74. The largest absolute Gasteiger partial charge is 0.454 e. The van der Waals surface area contributed by atoms with Crippen LogP contribution in [0.2, 0.25) is 0 Å². The summed E-state index contributed by atoms with van der Waals surface area (Å²) in [5.41, 5.74) is 0.478. The molecule has 1 saturated heterocycles. The fourth-order valence-electron chi connectivity index (χ4n) is 3.38. The molecule has 0 unspecified atom stereocenters. The van der Waals surface area contributed by atoms with Gasteiger partial charge in [-0.1, -0.05) is 0 Å². The summed E-state index contributed by atoms with van der Waals surface area (Å²) in [5.74, 6) is 1.33. The minimum Gasteiger partial charge on any atom is -0.454 e. The van der Waals surface area contributed by atoms with E-state index in [4.69, 9.17) is 9.47 Å². The number of benzene rings is 1. The average Bonchev–Trinajstić information content (AvgIpc) is 2.94. The summed E-state index contributed by atoms with van der Waals surface area (Å²) in [5, 5.41) is 5.91. The molecule has 0 bridgehead atoms. The number of hydrogen-bond acceptors (Lipinski definition) is 6. The van der Waals surface area contributed by atoms with Crippen molar-refractivity contribution in [1.29, 1.82) is 0 Å². The van der Waals surface area contributed by atoms with E-state index in [1.807, 2.05) is 26.8 Å². The Morgan fingerprint density at radius 1 is 0.964 bits per heavy atom. The van der Waals surface area contributed by atoms with Crippen LogP contribution in [-0.2, 0) is 9.59 Å². The van der Waals surface area contributed by atoms with Gasteiger partial charge in [0.05, 0.1) is 13.1 Å². The predicted molar refractivity (Wildman–Crippen MR) is 107 cm³/mol.